The minimum absolute atomic E-state index is 0.0444. The number of aromatic nitrogens is 4. The van der Waals surface area contributed by atoms with Gasteiger partial charge in [-0.3, -0.25) is 9.48 Å². The van der Waals surface area contributed by atoms with Gasteiger partial charge in [0.05, 0.1) is 6.54 Å². The lowest BCUT2D eigenvalue weighted by Gasteiger charge is -2.13. The van der Waals surface area contributed by atoms with Crippen LogP contribution in [0.1, 0.15) is 30.8 Å². The molecule has 112 valence electrons. The third-order valence-electron chi connectivity index (χ3n) is 2.85. The standard InChI is InChI=1S/C14H20N6O/c1-3-7-15-13-6-5-12(18-19-13)14(21)17-11(2)10-20-9-4-8-16-20/h4-6,8-9,11H,3,7,10H2,1-2H3,(H,15,19)(H,17,21). The molecule has 0 aliphatic rings. The van der Waals surface area contributed by atoms with Crippen LogP contribution in [-0.2, 0) is 6.54 Å². The summed E-state index contributed by atoms with van der Waals surface area (Å²) < 4.78 is 1.77. The lowest BCUT2D eigenvalue weighted by atomic mass is 10.3. The number of nitrogens with one attached hydrogen (secondary N) is 2. The number of amides is 1. The first-order valence-electron chi connectivity index (χ1n) is 7.05. The average Bonchev–Trinajstić information content (AvgIpc) is 2.98. The van der Waals surface area contributed by atoms with Crippen LogP contribution in [0.25, 0.3) is 0 Å². The molecule has 2 heterocycles. The molecule has 0 saturated carbocycles. The smallest absolute Gasteiger partial charge is 0.272 e. The predicted molar refractivity (Wildman–Crippen MR) is 80.0 cm³/mol. The van der Waals surface area contributed by atoms with Crippen molar-refractivity contribution in [2.24, 2.45) is 0 Å². The maximum atomic E-state index is 12.0. The van der Waals surface area contributed by atoms with Crippen LogP contribution in [0.5, 0.6) is 0 Å². The van der Waals surface area contributed by atoms with Gasteiger partial charge in [-0.2, -0.15) is 5.10 Å². The molecule has 21 heavy (non-hydrogen) atoms. The highest BCUT2D eigenvalue weighted by molar-refractivity contribution is 5.92. The first-order valence-corrected chi connectivity index (χ1v) is 7.05. The zero-order valence-corrected chi connectivity index (χ0v) is 12.3. The molecule has 2 rings (SSSR count). The maximum absolute atomic E-state index is 12.0. The number of nitrogens with zero attached hydrogens (tertiary/aromatic N) is 4. The van der Waals surface area contributed by atoms with E-state index < -0.39 is 0 Å². The molecular formula is C14H20N6O. The largest absolute Gasteiger partial charge is 0.369 e. The number of anilines is 1. The molecule has 0 bridgehead atoms. The molecule has 1 atom stereocenters. The third-order valence-corrected chi connectivity index (χ3v) is 2.85. The monoisotopic (exact) mass is 288 g/mol. The highest BCUT2D eigenvalue weighted by atomic mass is 16.2. The Labute approximate surface area is 123 Å². The van der Waals surface area contributed by atoms with E-state index in [0.717, 1.165) is 13.0 Å². The van der Waals surface area contributed by atoms with Crippen molar-refractivity contribution in [1.29, 1.82) is 0 Å². The van der Waals surface area contributed by atoms with E-state index in [1.54, 1.807) is 23.0 Å². The summed E-state index contributed by atoms with van der Waals surface area (Å²) >= 11 is 0. The van der Waals surface area contributed by atoms with Gasteiger partial charge in [0.25, 0.3) is 5.91 Å². The topological polar surface area (TPSA) is 84.7 Å². The number of carbonyl (C=O) groups is 1. The van der Waals surface area contributed by atoms with E-state index >= 15 is 0 Å². The second kappa shape index (κ2) is 7.37. The van der Waals surface area contributed by atoms with Crippen LogP contribution in [0.4, 0.5) is 5.82 Å². The SMILES string of the molecule is CCCNc1ccc(C(=O)NC(C)Cn2cccn2)nn1. The van der Waals surface area contributed by atoms with E-state index in [9.17, 15) is 4.79 Å². The Morgan fingerprint density at radius 1 is 1.38 bits per heavy atom. The van der Waals surface area contributed by atoms with Crippen molar-refractivity contribution in [2.75, 3.05) is 11.9 Å². The van der Waals surface area contributed by atoms with Gasteiger partial charge in [0.1, 0.15) is 5.82 Å². The van der Waals surface area contributed by atoms with E-state index in [0.29, 0.717) is 18.1 Å². The molecule has 0 aliphatic heterocycles. The molecule has 1 unspecified atom stereocenters. The zero-order valence-electron chi connectivity index (χ0n) is 12.3. The van der Waals surface area contributed by atoms with Crippen molar-refractivity contribution >= 4 is 11.7 Å². The molecule has 0 saturated heterocycles. The van der Waals surface area contributed by atoms with Crippen LogP contribution in [0.15, 0.2) is 30.6 Å². The fraction of sp³-hybridized carbons (Fsp3) is 0.429. The van der Waals surface area contributed by atoms with E-state index in [4.69, 9.17) is 0 Å². The fourth-order valence-corrected chi connectivity index (χ4v) is 1.83. The van der Waals surface area contributed by atoms with Crippen molar-refractivity contribution < 1.29 is 4.79 Å². The Hall–Kier alpha value is -2.44. The molecule has 0 radical (unpaired) electrons. The van der Waals surface area contributed by atoms with Gasteiger partial charge in [-0.15, -0.1) is 10.2 Å². The van der Waals surface area contributed by atoms with Crippen molar-refractivity contribution in [3.63, 3.8) is 0 Å². The normalized spacial score (nSPS) is 11.9. The second-order valence-electron chi connectivity index (χ2n) is 4.83. The molecule has 7 heteroatoms. The molecule has 2 aromatic rings. The number of rotatable bonds is 7. The molecule has 0 aliphatic carbocycles. The minimum Gasteiger partial charge on any atom is -0.369 e. The predicted octanol–water partition coefficient (Wildman–Crippen LogP) is 1.31. The van der Waals surface area contributed by atoms with Gasteiger partial charge < -0.3 is 10.6 Å². The maximum Gasteiger partial charge on any atom is 0.272 e. The van der Waals surface area contributed by atoms with Crippen LogP contribution in [0.3, 0.4) is 0 Å². The molecule has 0 spiro atoms. The van der Waals surface area contributed by atoms with Gasteiger partial charge in [-0.1, -0.05) is 6.92 Å². The summed E-state index contributed by atoms with van der Waals surface area (Å²) in [4.78, 5) is 12.0. The van der Waals surface area contributed by atoms with Gasteiger partial charge in [-0.25, -0.2) is 0 Å². The number of carbonyl (C=O) groups excluding carboxylic acids is 1. The van der Waals surface area contributed by atoms with Crippen LogP contribution in [-0.4, -0.2) is 38.5 Å². The molecule has 2 aromatic heterocycles. The minimum atomic E-state index is -0.232. The molecule has 7 nitrogen and oxygen atoms in total. The summed E-state index contributed by atoms with van der Waals surface area (Å²) in [6.45, 7) is 5.44. The zero-order chi connectivity index (χ0) is 15.1. The summed E-state index contributed by atoms with van der Waals surface area (Å²) in [5, 5.41) is 18.0. The molecule has 0 fully saturated rings. The van der Waals surface area contributed by atoms with Crippen LogP contribution in [0.2, 0.25) is 0 Å². The molecule has 2 N–H and O–H groups in total. The Kier molecular flexibility index (Phi) is 5.25. The summed E-state index contributed by atoms with van der Waals surface area (Å²) in [5.74, 6) is 0.446. The van der Waals surface area contributed by atoms with Gasteiger partial charge in [-0.05, 0) is 31.5 Å². The van der Waals surface area contributed by atoms with Gasteiger partial charge in [0.15, 0.2) is 5.69 Å². The Bertz CT molecular complexity index is 551. The number of hydrogen-bond acceptors (Lipinski definition) is 5. The Morgan fingerprint density at radius 3 is 2.86 bits per heavy atom. The van der Waals surface area contributed by atoms with Crippen molar-refractivity contribution in [1.82, 2.24) is 25.3 Å². The fourth-order valence-electron chi connectivity index (χ4n) is 1.83. The van der Waals surface area contributed by atoms with Gasteiger partial charge in [0, 0.05) is 25.0 Å². The first-order chi connectivity index (χ1) is 10.2. The van der Waals surface area contributed by atoms with Crippen LogP contribution < -0.4 is 10.6 Å². The van der Waals surface area contributed by atoms with E-state index in [2.05, 4.69) is 32.9 Å². The summed E-state index contributed by atoms with van der Waals surface area (Å²) in [7, 11) is 0. The second-order valence-corrected chi connectivity index (χ2v) is 4.83. The van der Waals surface area contributed by atoms with Crippen LogP contribution >= 0.6 is 0 Å². The third kappa shape index (κ3) is 4.55. The first kappa shape index (κ1) is 15.0. The van der Waals surface area contributed by atoms with Gasteiger partial charge >= 0.3 is 0 Å². The van der Waals surface area contributed by atoms with E-state index in [1.807, 2.05) is 19.2 Å². The van der Waals surface area contributed by atoms with E-state index in [-0.39, 0.29) is 11.9 Å². The average molecular weight is 288 g/mol. The highest BCUT2D eigenvalue weighted by Crippen LogP contribution is 2.02. The number of hydrogen-bond donors (Lipinski definition) is 2. The van der Waals surface area contributed by atoms with Crippen molar-refractivity contribution in [2.45, 2.75) is 32.9 Å². The Morgan fingerprint density at radius 2 is 2.24 bits per heavy atom. The Balaban J connectivity index is 1.87. The van der Waals surface area contributed by atoms with Crippen molar-refractivity contribution in [3.05, 3.63) is 36.3 Å². The quantitative estimate of drug-likeness (QED) is 0.802. The highest BCUT2D eigenvalue weighted by Gasteiger charge is 2.12. The van der Waals surface area contributed by atoms with Gasteiger partial charge in [0.2, 0.25) is 0 Å². The lowest BCUT2D eigenvalue weighted by Crippen LogP contribution is -2.36. The molecular weight excluding hydrogens is 268 g/mol. The lowest BCUT2D eigenvalue weighted by molar-refractivity contribution is 0.0930. The molecule has 1 amide bonds. The molecule has 0 aromatic carbocycles. The summed E-state index contributed by atoms with van der Waals surface area (Å²) in [5.41, 5.74) is 0.310. The van der Waals surface area contributed by atoms with E-state index in [1.165, 1.54) is 0 Å². The summed E-state index contributed by atoms with van der Waals surface area (Å²) in [6.07, 6.45) is 4.58. The summed E-state index contributed by atoms with van der Waals surface area (Å²) in [6, 6.07) is 5.23. The van der Waals surface area contributed by atoms with Crippen LogP contribution in [0, 0.1) is 0 Å². The van der Waals surface area contributed by atoms with Crippen molar-refractivity contribution in [3.8, 4) is 0 Å².